The van der Waals surface area contributed by atoms with Gasteiger partial charge in [0.25, 0.3) is 5.91 Å². The molecular weight excluding hydrogens is 250 g/mol. The van der Waals surface area contributed by atoms with Crippen LogP contribution in [-0.4, -0.2) is 27.9 Å². The molecule has 7 heteroatoms. The Labute approximate surface area is 108 Å². The molecule has 0 aliphatic heterocycles. The van der Waals surface area contributed by atoms with Gasteiger partial charge in [-0.2, -0.15) is 5.10 Å². The molecule has 0 saturated carbocycles. The summed E-state index contributed by atoms with van der Waals surface area (Å²) >= 11 is 0. The first-order valence-corrected chi connectivity index (χ1v) is 5.21. The molecule has 4 N–H and O–H groups in total. The summed E-state index contributed by atoms with van der Waals surface area (Å²) in [6, 6.07) is 6.67. The van der Waals surface area contributed by atoms with Crippen molar-refractivity contribution in [3.63, 3.8) is 0 Å². The number of carbonyl (C=O) groups is 1. The Morgan fingerprint density at radius 1 is 1.47 bits per heavy atom. The number of carbonyl (C=O) groups excluding carboxylic acids is 1. The Bertz CT molecular complexity index is 592. The number of nitrogens with zero attached hydrogens (tertiary/aromatic N) is 2. The number of hydrazone groups is 1. The van der Waals surface area contributed by atoms with Crippen LogP contribution in [0.4, 0.5) is 0 Å². The van der Waals surface area contributed by atoms with Gasteiger partial charge >= 0.3 is 0 Å². The first-order chi connectivity index (χ1) is 8.68. The second kappa shape index (κ2) is 6.31. The molecule has 0 aliphatic rings. The maximum atomic E-state index is 11.6. The first kappa shape index (κ1) is 14.4. The van der Waals surface area contributed by atoms with Crippen molar-refractivity contribution in [2.45, 2.75) is 6.92 Å². The second-order valence-corrected chi connectivity index (χ2v) is 3.55. The molecule has 0 fully saturated rings. The Balaban J connectivity index is 0.00000180. The normalized spacial score (nSPS) is 10.2. The summed E-state index contributed by atoms with van der Waals surface area (Å²) in [7, 11) is 0. The van der Waals surface area contributed by atoms with Crippen LogP contribution in [0, 0.1) is 6.92 Å². The third-order valence-corrected chi connectivity index (χ3v) is 2.30. The van der Waals surface area contributed by atoms with Gasteiger partial charge < -0.3 is 15.1 Å². The lowest BCUT2D eigenvalue weighted by Crippen LogP contribution is -2.17. The minimum Gasteiger partial charge on any atom is -0.507 e. The third-order valence-electron chi connectivity index (χ3n) is 2.30. The minimum absolute atomic E-state index is 0. The molecular formula is C12H13N3O4. The summed E-state index contributed by atoms with van der Waals surface area (Å²) in [5, 5.41) is 16.7. The number of aromatic nitrogens is 1. The van der Waals surface area contributed by atoms with Crippen molar-refractivity contribution in [2.24, 2.45) is 5.10 Å². The summed E-state index contributed by atoms with van der Waals surface area (Å²) in [4.78, 5) is 11.6. The average Bonchev–Trinajstić information content (AvgIpc) is 2.78. The summed E-state index contributed by atoms with van der Waals surface area (Å²) in [6.45, 7) is 1.63. The van der Waals surface area contributed by atoms with E-state index in [1.807, 2.05) is 0 Å². The van der Waals surface area contributed by atoms with Gasteiger partial charge in [0.1, 0.15) is 17.1 Å². The van der Waals surface area contributed by atoms with Crippen molar-refractivity contribution < 1.29 is 19.9 Å². The summed E-state index contributed by atoms with van der Waals surface area (Å²) in [5.74, 6) is 0.0994. The zero-order valence-electron chi connectivity index (χ0n) is 10.1. The average molecular weight is 263 g/mol. The Morgan fingerprint density at radius 2 is 2.21 bits per heavy atom. The largest absolute Gasteiger partial charge is 0.507 e. The van der Waals surface area contributed by atoms with Crippen molar-refractivity contribution in [1.82, 2.24) is 10.6 Å². The van der Waals surface area contributed by atoms with Crippen molar-refractivity contribution in [1.29, 1.82) is 0 Å². The van der Waals surface area contributed by atoms with E-state index in [9.17, 15) is 9.90 Å². The molecule has 0 spiro atoms. The molecule has 1 aromatic carbocycles. The third kappa shape index (κ3) is 3.39. The van der Waals surface area contributed by atoms with E-state index < -0.39 is 5.91 Å². The first-order valence-electron chi connectivity index (χ1n) is 5.21. The maximum Gasteiger partial charge on any atom is 0.276 e. The number of hydrogen-bond acceptors (Lipinski definition) is 5. The predicted molar refractivity (Wildman–Crippen MR) is 68.0 cm³/mol. The summed E-state index contributed by atoms with van der Waals surface area (Å²) in [5.41, 5.74) is 3.16. The van der Waals surface area contributed by atoms with Gasteiger partial charge in [0.2, 0.25) is 0 Å². The molecule has 0 atom stereocenters. The molecule has 0 aliphatic carbocycles. The monoisotopic (exact) mass is 263 g/mol. The van der Waals surface area contributed by atoms with Crippen LogP contribution in [0.3, 0.4) is 0 Å². The molecule has 19 heavy (non-hydrogen) atoms. The molecule has 0 radical (unpaired) electrons. The fourth-order valence-corrected chi connectivity index (χ4v) is 1.33. The van der Waals surface area contributed by atoms with Crippen LogP contribution < -0.4 is 5.43 Å². The number of phenolic OH excluding ortho intramolecular Hbond substituents is 1. The number of rotatable bonds is 3. The predicted octanol–water partition coefficient (Wildman–Crippen LogP) is 0.628. The SMILES string of the molecule is Cc1oncc1C(=O)N/N=C/c1ccccc1O.O. The van der Waals surface area contributed by atoms with Crippen LogP contribution in [0.5, 0.6) is 5.75 Å². The molecule has 1 heterocycles. The molecule has 7 nitrogen and oxygen atoms in total. The van der Waals surface area contributed by atoms with E-state index in [1.54, 1.807) is 25.1 Å². The lowest BCUT2D eigenvalue weighted by Gasteiger charge is -1.98. The van der Waals surface area contributed by atoms with Crippen molar-refractivity contribution in [3.05, 3.63) is 47.3 Å². The molecule has 100 valence electrons. The van der Waals surface area contributed by atoms with E-state index in [-0.39, 0.29) is 11.2 Å². The van der Waals surface area contributed by atoms with Crippen LogP contribution in [0.1, 0.15) is 21.7 Å². The molecule has 0 unspecified atom stereocenters. The van der Waals surface area contributed by atoms with Gasteiger partial charge in [0.15, 0.2) is 0 Å². The number of amides is 1. The number of aryl methyl sites for hydroxylation is 1. The van der Waals surface area contributed by atoms with Gasteiger partial charge in [0, 0.05) is 5.56 Å². The summed E-state index contributed by atoms with van der Waals surface area (Å²) < 4.78 is 4.77. The number of para-hydroxylation sites is 1. The molecule has 1 aromatic heterocycles. The number of phenols is 1. The van der Waals surface area contributed by atoms with Crippen LogP contribution in [0.15, 0.2) is 40.1 Å². The van der Waals surface area contributed by atoms with Crippen LogP contribution in [-0.2, 0) is 0 Å². The zero-order chi connectivity index (χ0) is 13.0. The Hall–Kier alpha value is -2.67. The van der Waals surface area contributed by atoms with Crippen LogP contribution >= 0.6 is 0 Å². The van der Waals surface area contributed by atoms with Crippen molar-refractivity contribution in [3.8, 4) is 5.75 Å². The van der Waals surface area contributed by atoms with Crippen molar-refractivity contribution >= 4 is 12.1 Å². The molecule has 2 aromatic rings. The van der Waals surface area contributed by atoms with Gasteiger partial charge in [-0.05, 0) is 19.1 Å². The molecule has 0 bridgehead atoms. The fraction of sp³-hybridized carbons (Fsp3) is 0.0833. The topological polar surface area (TPSA) is 119 Å². The van der Waals surface area contributed by atoms with E-state index in [1.165, 1.54) is 18.5 Å². The fourth-order valence-electron chi connectivity index (χ4n) is 1.33. The standard InChI is InChI=1S/C12H11N3O3.H2O/c1-8-10(7-14-18-8)12(17)15-13-6-9-4-2-3-5-11(9)16;/h2-7,16H,1H3,(H,15,17);1H2/b13-6+;. The quantitative estimate of drug-likeness (QED) is 0.623. The number of benzene rings is 1. The highest BCUT2D eigenvalue weighted by Gasteiger charge is 2.11. The van der Waals surface area contributed by atoms with Gasteiger partial charge in [-0.1, -0.05) is 17.3 Å². The lowest BCUT2D eigenvalue weighted by atomic mass is 10.2. The summed E-state index contributed by atoms with van der Waals surface area (Å²) in [6.07, 6.45) is 2.68. The smallest absolute Gasteiger partial charge is 0.276 e. The number of hydrogen-bond donors (Lipinski definition) is 2. The van der Waals surface area contributed by atoms with Crippen molar-refractivity contribution in [2.75, 3.05) is 0 Å². The van der Waals surface area contributed by atoms with E-state index >= 15 is 0 Å². The maximum absolute atomic E-state index is 11.6. The zero-order valence-corrected chi connectivity index (χ0v) is 10.1. The van der Waals surface area contributed by atoms with Gasteiger partial charge in [-0.25, -0.2) is 5.43 Å². The lowest BCUT2D eigenvalue weighted by molar-refractivity contribution is 0.0953. The van der Waals surface area contributed by atoms with E-state index in [0.717, 1.165) is 0 Å². The van der Waals surface area contributed by atoms with Crippen LogP contribution in [0.2, 0.25) is 0 Å². The molecule has 2 rings (SSSR count). The van der Waals surface area contributed by atoms with Gasteiger partial charge in [-0.3, -0.25) is 4.79 Å². The van der Waals surface area contributed by atoms with Gasteiger partial charge in [-0.15, -0.1) is 0 Å². The van der Waals surface area contributed by atoms with Gasteiger partial charge in [0.05, 0.1) is 12.4 Å². The number of nitrogens with one attached hydrogen (secondary N) is 1. The molecule has 1 amide bonds. The highest BCUT2D eigenvalue weighted by atomic mass is 16.5. The number of aromatic hydroxyl groups is 1. The Kier molecular flexibility index (Phi) is 4.78. The van der Waals surface area contributed by atoms with E-state index in [0.29, 0.717) is 16.9 Å². The van der Waals surface area contributed by atoms with E-state index in [4.69, 9.17) is 4.52 Å². The minimum atomic E-state index is -0.416. The molecule has 0 saturated heterocycles. The Morgan fingerprint density at radius 3 is 2.84 bits per heavy atom. The van der Waals surface area contributed by atoms with Crippen LogP contribution in [0.25, 0.3) is 0 Å². The highest BCUT2D eigenvalue weighted by Crippen LogP contribution is 2.12. The highest BCUT2D eigenvalue weighted by molar-refractivity contribution is 5.95. The van der Waals surface area contributed by atoms with E-state index in [2.05, 4.69) is 15.7 Å². The second-order valence-electron chi connectivity index (χ2n) is 3.55.